The zero-order chi connectivity index (χ0) is 15.1. The van der Waals surface area contributed by atoms with Crippen LogP contribution in [0.1, 0.15) is 5.69 Å². The van der Waals surface area contributed by atoms with Crippen molar-refractivity contribution < 1.29 is 4.74 Å². The van der Waals surface area contributed by atoms with E-state index in [2.05, 4.69) is 36.5 Å². The quantitative estimate of drug-likeness (QED) is 0.748. The maximum absolute atomic E-state index is 5.26. The van der Waals surface area contributed by atoms with Gasteiger partial charge in [0, 0.05) is 25.4 Å². The summed E-state index contributed by atoms with van der Waals surface area (Å²) in [6, 6.07) is 7.49. The van der Waals surface area contributed by atoms with Gasteiger partial charge in [0.15, 0.2) is 5.11 Å². The second-order valence-corrected chi connectivity index (χ2v) is 5.38. The smallest absolute Gasteiger partial charge is 0.171 e. The van der Waals surface area contributed by atoms with Crippen LogP contribution < -0.4 is 15.4 Å². The van der Waals surface area contributed by atoms with Crippen molar-refractivity contribution >= 4 is 51.5 Å². The van der Waals surface area contributed by atoms with Gasteiger partial charge in [0.1, 0.15) is 11.6 Å². The molecule has 0 aromatic carbocycles. The predicted molar refractivity (Wildman–Crippen MR) is 97.9 cm³/mol. The first-order chi connectivity index (χ1) is 10.2. The summed E-state index contributed by atoms with van der Waals surface area (Å²) >= 11 is 8.65. The summed E-state index contributed by atoms with van der Waals surface area (Å²) in [6.07, 6.45) is 4.17. The topological polar surface area (TPSA) is 59.1 Å². The van der Waals surface area contributed by atoms with E-state index in [1.54, 1.807) is 19.5 Å². The van der Waals surface area contributed by atoms with Gasteiger partial charge in [-0.1, -0.05) is 0 Å². The molecule has 0 atom stereocenters. The molecule has 2 N–H and O–H groups in total. The van der Waals surface area contributed by atoms with E-state index in [1.807, 2.05) is 24.3 Å². The van der Waals surface area contributed by atoms with Crippen molar-refractivity contribution in [3.63, 3.8) is 0 Å². The minimum atomic E-state index is 0. The van der Waals surface area contributed by atoms with Crippen molar-refractivity contribution in [2.24, 2.45) is 0 Å². The van der Waals surface area contributed by atoms with Crippen LogP contribution in [0.4, 0.5) is 5.82 Å². The van der Waals surface area contributed by atoms with Crippen molar-refractivity contribution in [2.45, 2.75) is 6.42 Å². The zero-order valence-corrected chi connectivity index (χ0v) is 15.1. The van der Waals surface area contributed by atoms with Crippen LogP contribution in [0, 0.1) is 0 Å². The maximum atomic E-state index is 5.26. The molecule has 0 bridgehead atoms. The van der Waals surface area contributed by atoms with Gasteiger partial charge >= 0.3 is 0 Å². The Kier molecular flexibility index (Phi) is 8.08. The Morgan fingerprint density at radius 3 is 2.73 bits per heavy atom. The molecule has 0 aliphatic rings. The van der Waals surface area contributed by atoms with E-state index < -0.39 is 0 Å². The number of ether oxygens (including phenoxy) is 1. The van der Waals surface area contributed by atoms with E-state index in [-0.39, 0.29) is 12.4 Å². The highest BCUT2D eigenvalue weighted by molar-refractivity contribution is 9.10. The fourth-order valence-electron chi connectivity index (χ4n) is 1.72. The van der Waals surface area contributed by atoms with E-state index in [0.29, 0.717) is 17.5 Å². The van der Waals surface area contributed by atoms with E-state index in [1.165, 1.54) is 0 Å². The third-order valence-corrected chi connectivity index (χ3v) is 3.59. The number of hydrogen-bond acceptors (Lipinski definition) is 4. The molecular formula is C14H16BrClN4OS. The first kappa shape index (κ1) is 18.6. The number of methoxy groups -OCH3 is 1. The molecule has 2 heterocycles. The Hall–Kier alpha value is -1.44. The number of anilines is 1. The molecule has 0 saturated heterocycles. The number of nitrogens with zero attached hydrogens (tertiary/aromatic N) is 2. The number of pyridine rings is 2. The van der Waals surface area contributed by atoms with Gasteiger partial charge < -0.3 is 15.4 Å². The fraction of sp³-hybridized carbons (Fsp3) is 0.214. The Morgan fingerprint density at radius 1 is 1.27 bits per heavy atom. The molecule has 0 radical (unpaired) electrons. The third-order valence-electron chi connectivity index (χ3n) is 2.71. The van der Waals surface area contributed by atoms with Crippen molar-refractivity contribution in [1.29, 1.82) is 0 Å². The number of halogens is 2. The monoisotopic (exact) mass is 402 g/mol. The van der Waals surface area contributed by atoms with Crippen LogP contribution in [0.25, 0.3) is 0 Å². The van der Waals surface area contributed by atoms with E-state index in [0.717, 1.165) is 22.3 Å². The van der Waals surface area contributed by atoms with E-state index in [9.17, 15) is 0 Å². The van der Waals surface area contributed by atoms with Crippen molar-refractivity contribution in [3.05, 3.63) is 46.8 Å². The summed E-state index contributed by atoms with van der Waals surface area (Å²) in [4.78, 5) is 8.49. The summed E-state index contributed by atoms with van der Waals surface area (Å²) in [7, 11) is 1.64. The molecule has 2 aromatic rings. The number of nitrogens with one attached hydrogen (secondary N) is 2. The Morgan fingerprint density at radius 2 is 2.00 bits per heavy atom. The molecule has 0 aliphatic carbocycles. The summed E-state index contributed by atoms with van der Waals surface area (Å²) in [5, 5.41) is 6.68. The number of hydrogen-bond donors (Lipinski definition) is 2. The molecular weight excluding hydrogens is 388 g/mol. The van der Waals surface area contributed by atoms with E-state index in [4.69, 9.17) is 17.0 Å². The number of rotatable bonds is 5. The molecule has 0 amide bonds. The molecule has 0 unspecified atom stereocenters. The standard InChI is InChI=1S/C14H15BrN4OS.ClH/c1-20-12-5-3-7-16-11(12)6-9-18-14(21)19-13-10(15)4-2-8-17-13;/h2-5,7-8H,6,9H2,1H3,(H2,17,18,19,21);1H. The van der Waals surface area contributed by atoms with Crippen molar-refractivity contribution in [2.75, 3.05) is 19.0 Å². The highest BCUT2D eigenvalue weighted by Crippen LogP contribution is 2.18. The maximum Gasteiger partial charge on any atom is 0.171 e. The van der Waals surface area contributed by atoms with Gasteiger partial charge in [0.2, 0.25) is 0 Å². The molecule has 22 heavy (non-hydrogen) atoms. The van der Waals surface area contributed by atoms with Crippen LogP contribution in [0.2, 0.25) is 0 Å². The van der Waals surface area contributed by atoms with Crippen LogP contribution in [0.3, 0.4) is 0 Å². The average Bonchev–Trinajstić information content (AvgIpc) is 2.50. The highest BCUT2D eigenvalue weighted by Gasteiger charge is 2.05. The Labute approximate surface area is 149 Å². The second-order valence-electron chi connectivity index (χ2n) is 4.12. The first-order valence-corrected chi connectivity index (χ1v) is 7.54. The fourth-order valence-corrected chi connectivity index (χ4v) is 2.27. The summed E-state index contributed by atoms with van der Waals surface area (Å²) < 4.78 is 6.12. The molecule has 8 heteroatoms. The molecule has 0 aliphatic heterocycles. The van der Waals surface area contributed by atoms with Crippen LogP contribution in [-0.4, -0.2) is 28.7 Å². The Balaban J connectivity index is 0.00000242. The van der Waals surface area contributed by atoms with Crippen LogP contribution in [-0.2, 0) is 6.42 Å². The van der Waals surface area contributed by atoms with Crippen molar-refractivity contribution in [1.82, 2.24) is 15.3 Å². The van der Waals surface area contributed by atoms with Gasteiger partial charge in [0.05, 0.1) is 17.3 Å². The predicted octanol–water partition coefficient (Wildman–Crippen LogP) is 3.20. The lowest BCUT2D eigenvalue weighted by atomic mass is 10.2. The lowest BCUT2D eigenvalue weighted by Gasteiger charge is -2.11. The van der Waals surface area contributed by atoms with Crippen LogP contribution in [0.5, 0.6) is 5.75 Å². The molecule has 2 aromatic heterocycles. The summed E-state index contributed by atoms with van der Waals surface area (Å²) in [5.41, 5.74) is 0.898. The van der Waals surface area contributed by atoms with Gasteiger partial charge in [-0.3, -0.25) is 4.98 Å². The van der Waals surface area contributed by atoms with E-state index >= 15 is 0 Å². The summed E-state index contributed by atoms with van der Waals surface area (Å²) in [5.74, 6) is 1.47. The minimum absolute atomic E-state index is 0. The normalized spacial score (nSPS) is 9.55. The molecule has 118 valence electrons. The molecule has 5 nitrogen and oxygen atoms in total. The number of thiocarbonyl (C=S) groups is 1. The van der Waals surface area contributed by atoms with Gasteiger partial charge in [-0.25, -0.2) is 4.98 Å². The molecule has 0 fully saturated rings. The summed E-state index contributed by atoms with van der Waals surface area (Å²) in [6.45, 7) is 0.656. The third kappa shape index (κ3) is 5.40. The van der Waals surface area contributed by atoms with Gasteiger partial charge in [0.25, 0.3) is 0 Å². The highest BCUT2D eigenvalue weighted by atomic mass is 79.9. The lowest BCUT2D eigenvalue weighted by molar-refractivity contribution is 0.406. The molecule has 2 rings (SSSR count). The number of aromatic nitrogens is 2. The van der Waals surface area contributed by atoms with Gasteiger partial charge in [-0.15, -0.1) is 12.4 Å². The van der Waals surface area contributed by atoms with Crippen molar-refractivity contribution in [3.8, 4) is 5.75 Å². The molecule has 0 spiro atoms. The minimum Gasteiger partial charge on any atom is -0.495 e. The molecule has 0 saturated carbocycles. The van der Waals surface area contributed by atoms with Crippen LogP contribution in [0.15, 0.2) is 41.1 Å². The van der Waals surface area contributed by atoms with Crippen LogP contribution >= 0.6 is 40.6 Å². The largest absolute Gasteiger partial charge is 0.495 e. The van der Waals surface area contributed by atoms with Gasteiger partial charge in [-0.05, 0) is 52.4 Å². The first-order valence-electron chi connectivity index (χ1n) is 6.34. The SMILES string of the molecule is COc1cccnc1CCNC(=S)Nc1ncccc1Br.Cl. The van der Waals surface area contributed by atoms with Gasteiger partial charge in [-0.2, -0.15) is 0 Å². The lowest BCUT2D eigenvalue weighted by Crippen LogP contribution is -2.30. The second kappa shape index (κ2) is 9.55. The zero-order valence-electron chi connectivity index (χ0n) is 11.9. The average molecular weight is 404 g/mol. The Bertz CT molecular complexity index is 629.